The lowest BCUT2D eigenvalue weighted by molar-refractivity contribution is -0.143. The van der Waals surface area contributed by atoms with Crippen LogP contribution in [0.5, 0.6) is 0 Å². The quantitative estimate of drug-likeness (QED) is 0.553. The standard InChI is InChI=1S/C20H23NO5S/c1-4-15-7-5-6-8-19(15)27(24,25)21-17-11-9-16(10-12-17)14(2)18(22)13-20(23)26-3/h5-12,14,21H,4,13H2,1-3H3/t14-/m1/s1. The minimum atomic E-state index is -3.70. The lowest BCUT2D eigenvalue weighted by Gasteiger charge is -2.13. The number of methoxy groups -OCH3 is 1. The lowest BCUT2D eigenvalue weighted by Crippen LogP contribution is -2.16. The number of carbonyl (C=O) groups excluding carboxylic acids is 2. The van der Waals surface area contributed by atoms with Crippen molar-refractivity contribution >= 4 is 27.5 Å². The summed E-state index contributed by atoms with van der Waals surface area (Å²) in [6.07, 6.45) is 0.315. The molecule has 0 saturated carbocycles. The molecule has 2 aromatic rings. The predicted molar refractivity (Wildman–Crippen MR) is 103 cm³/mol. The monoisotopic (exact) mass is 389 g/mol. The van der Waals surface area contributed by atoms with Crippen LogP contribution in [-0.2, 0) is 30.8 Å². The van der Waals surface area contributed by atoms with E-state index in [0.29, 0.717) is 17.7 Å². The van der Waals surface area contributed by atoms with E-state index in [4.69, 9.17) is 0 Å². The van der Waals surface area contributed by atoms with Gasteiger partial charge in [-0.1, -0.05) is 44.2 Å². The normalized spacial score (nSPS) is 12.3. The molecule has 2 rings (SSSR count). The van der Waals surface area contributed by atoms with Crippen LogP contribution in [0.25, 0.3) is 0 Å². The molecule has 27 heavy (non-hydrogen) atoms. The topological polar surface area (TPSA) is 89.5 Å². The summed E-state index contributed by atoms with van der Waals surface area (Å²) in [4.78, 5) is 23.6. The molecule has 0 aromatic heterocycles. The number of hydrogen-bond acceptors (Lipinski definition) is 5. The maximum Gasteiger partial charge on any atom is 0.313 e. The number of Topliss-reactive ketones (excluding diaryl/α,β-unsaturated/α-hetero) is 1. The highest BCUT2D eigenvalue weighted by Gasteiger charge is 2.20. The number of ether oxygens (including phenoxy) is 1. The van der Waals surface area contributed by atoms with E-state index in [1.54, 1.807) is 55.5 Å². The molecular weight excluding hydrogens is 366 g/mol. The Morgan fingerprint density at radius 2 is 1.70 bits per heavy atom. The van der Waals surface area contributed by atoms with E-state index in [0.717, 1.165) is 5.56 Å². The van der Waals surface area contributed by atoms with E-state index in [-0.39, 0.29) is 17.1 Å². The first kappa shape index (κ1) is 20.6. The van der Waals surface area contributed by atoms with Crippen molar-refractivity contribution in [3.8, 4) is 0 Å². The summed E-state index contributed by atoms with van der Waals surface area (Å²) < 4.78 is 32.4. The summed E-state index contributed by atoms with van der Waals surface area (Å²) in [5.74, 6) is -1.33. The summed E-state index contributed by atoms with van der Waals surface area (Å²) in [5, 5.41) is 0. The second-order valence-corrected chi connectivity index (χ2v) is 7.78. The number of hydrogen-bond donors (Lipinski definition) is 1. The summed E-state index contributed by atoms with van der Waals surface area (Å²) >= 11 is 0. The van der Waals surface area contributed by atoms with Crippen LogP contribution in [0.2, 0.25) is 0 Å². The zero-order chi connectivity index (χ0) is 20.0. The maximum absolute atomic E-state index is 12.6. The molecule has 0 saturated heterocycles. The van der Waals surface area contributed by atoms with Gasteiger partial charge in [-0.2, -0.15) is 0 Å². The van der Waals surface area contributed by atoms with Gasteiger partial charge in [-0.3, -0.25) is 14.3 Å². The Bertz CT molecular complexity index is 920. The molecule has 0 radical (unpaired) electrons. The number of sulfonamides is 1. The van der Waals surface area contributed by atoms with Crippen LogP contribution in [0.4, 0.5) is 5.69 Å². The van der Waals surface area contributed by atoms with Gasteiger partial charge in [-0.15, -0.1) is 0 Å². The van der Waals surface area contributed by atoms with Crippen molar-refractivity contribution in [3.05, 3.63) is 59.7 Å². The largest absolute Gasteiger partial charge is 0.469 e. The highest BCUT2D eigenvalue weighted by molar-refractivity contribution is 7.92. The lowest BCUT2D eigenvalue weighted by atomic mass is 9.95. The Morgan fingerprint density at radius 3 is 2.30 bits per heavy atom. The van der Waals surface area contributed by atoms with E-state index < -0.39 is 21.9 Å². The van der Waals surface area contributed by atoms with Crippen molar-refractivity contribution in [2.45, 2.75) is 37.5 Å². The molecule has 1 N–H and O–H groups in total. The molecule has 0 amide bonds. The van der Waals surface area contributed by atoms with Crippen LogP contribution >= 0.6 is 0 Å². The summed E-state index contributed by atoms with van der Waals surface area (Å²) in [5.41, 5.74) is 1.83. The molecule has 0 heterocycles. The van der Waals surface area contributed by atoms with Crippen molar-refractivity contribution in [3.63, 3.8) is 0 Å². The summed E-state index contributed by atoms with van der Waals surface area (Å²) in [6.45, 7) is 3.60. The summed E-state index contributed by atoms with van der Waals surface area (Å²) in [6, 6.07) is 13.4. The Balaban J connectivity index is 2.15. The van der Waals surface area contributed by atoms with Gasteiger partial charge in [0.15, 0.2) is 5.78 Å². The molecule has 1 atom stereocenters. The number of aryl methyl sites for hydroxylation is 1. The molecular formula is C20H23NO5S. The Morgan fingerprint density at radius 1 is 1.07 bits per heavy atom. The van der Waals surface area contributed by atoms with Gasteiger partial charge in [-0.25, -0.2) is 8.42 Å². The van der Waals surface area contributed by atoms with Gasteiger partial charge in [0.2, 0.25) is 0 Å². The summed E-state index contributed by atoms with van der Waals surface area (Å²) in [7, 11) is -2.47. The fourth-order valence-electron chi connectivity index (χ4n) is 2.66. The minimum absolute atomic E-state index is 0.248. The molecule has 0 fully saturated rings. The Kier molecular flexibility index (Phi) is 6.74. The number of esters is 1. The van der Waals surface area contributed by atoms with Gasteiger partial charge in [0.25, 0.3) is 10.0 Å². The Labute approximate surface area is 159 Å². The average Bonchev–Trinajstić information content (AvgIpc) is 2.67. The van der Waals surface area contributed by atoms with E-state index >= 15 is 0 Å². The highest BCUT2D eigenvalue weighted by atomic mass is 32.2. The van der Waals surface area contributed by atoms with E-state index in [2.05, 4.69) is 9.46 Å². The fourth-order valence-corrected chi connectivity index (χ4v) is 4.03. The maximum atomic E-state index is 12.6. The second-order valence-electron chi connectivity index (χ2n) is 6.13. The third-order valence-corrected chi connectivity index (χ3v) is 5.82. The average molecular weight is 389 g/mol. The first-order chi connectivity index (χ1) is 12.8. The number of nitrogens with one attached hydrogen (secondary N) is 1. The van der Waals surface area contributed by atoms with Crippen LogP contribution in [0, 0.1) is 0 Å². The zero-order valence-corrected chi connectivity index (χ0v) is 16.4. The van der Waals surface area contributed by atoms with Crippen LogP contribution < -0.4 is 4.72 Å². The number of carbonyl (C=O) groups is 2. The molecule has 0 aliphatic rings. The van der Waals surface area contributed by atoms with E-state index in [9.17, 15) is 18.0 Å². The molecule has 7 heteroatoms. The Hall–Kier alpha value is -2.67. The van der Waals surface area contributed by atoms with Crippen molar-refractivity contribution in [2.24, 2.45) is 0 Å². The number of anilines is 1. The highest BCUT2D eigenvalue weighted by Crippen LogP contribution is 2.23. The first-order valence-electron chi connectivity index (χ1n) is 8.58. The number of rotatable bonds is 8. The van der Waals surface area contributed by atoms with Crippen molar-refractivity contribution in [1.82, 2.24) is 0 Å². The zero-order valence-electron chi connectivity index (χ0n) is 15.6. The molecule has 0 aliphatic carbocycles. The smallest absolute Gasteiger partial charge is 0.313 e. The van der Waals surface area contributed by atoms with Crippen LogP contribution in [0.15, 0.2) is 53.4 Å². The molecule has 6 nitrogen and oxygen atoms in total. The molecule has 0 bridgehead atoms. The van der Waals surface area contributed by atoms with Gasteiger partial charge < -0.3 is 4.74 Å². The van der Waals surface area contributed by atoms with Gasteiger partial charge in [0, 0.05) is 11.6 Å². The van der Waals surface area contributed by atoms with Crippen LogP contribution in [0.3, 0.4) is 0 Å². The second kappa shape index (κ2) is 8.81. The molecule has 0 aliphatic heterocycles. The van der Waals surface area contributed by atoms with Gasteiger partial charge in [-0.05, 0) is 35.7 Å². The molecule has 0 spiro atoms. The number of ketones is 1. The minimum Gasteiger partial charge on any atom is -0.469 e. The third kappa shape index (κ3) is 5.17. The molecule has 0 unspecified atom stereocenters. The third-order valence-electron chi connectivity index (χ3n) is 4.34. The molecule has 144 valence electrons. The van der Waals surface area contributed by atoms with Crippen molar-refractivity contribution in [1.29, 1.82) is 0 Å². The van der Waals surface area contributed by atoms with Gasteiger partial charge in [0.1, 0.15) is 6.42 Å². The molecule has 2 aromatic carbocycles. The van der Waals surface area contributed by atoms with Gasteiger partial charge >= 0.3 is 5.97 Å². The van der Waals surface area contributed by atoms with Crippen molar-refractivity contribution in [2.75, 3.05) is 11.8 Å². The van der Waals surface area contributed by atoms with Crippen LogP contribution in [-0.4, -0.2) is 27.3 Å². The SMILES string of the molecule is CCc1ccccc1S(=O)(=O)Nc1ccc([C@@H](C)C(=O)CC(=O)OC)cc1. The number of benzene rings is 2. The van der Waals surface area contributed by atoms with Crippen molar-refractivity contribution < 1.29 is 22.7 Å². The van der Waals surface area contributed by atoms with Crippen LogP contribution in [0.1, 0.15) is 37.3 Å². The predicted octanol–water partition coefficient (Wildman–Crippen LogP) is 3.29. The van der Waals surface area contributed by atoms with E-state index in [1.165, 1.54) is 7.11 Å². The van der Waals surface area contributed by atoms with Gasteiger partial charge in [0.05, 0.1) is 12.0 Å². The van der Waals surface area contributed by atoms with E-state index in [1.807, 2.05) is 6.92 Å². The fraction of sp³-hybridized carbons (Fsp3) is 0.300. The first-order valence-corrected chi connectivity index (χ1v) is 10.1.